The number of rotatable bonds is 6. The highest BCUT2D eigenvalue weighted by Gasteiger charge is 2.36. The van der Waals surface area contributed by atoms with Crippen LogP contribution in [-0.4, -0.2) is 40.5 Å². The fourth-order valence-corrected chi connectivity index (χ4v) is 4.76. The molecule has 1 aliphatic heterocycles. The molecule has 2 aromatic carbocycles. The van der Waals surface area contributed by atoms with Gasteiger partial charge >= 0.3 is 5.97 Å². The fourth-order valence-electron chi connectivity index (χ4n) is 3.93. The van der Waals surface area contributed by atoms with Gasteiger partial charge in [0.2, 0.25) is 0 Å². The molecule has 1 aromatic heterocycles. The summed E-state index contributed by atoms with van der Waals surface area (Å²) < 4.78 is 12.1. The first-order valence-electron chi connectivity index (χ1n) is 10.9. The molecule has 0 aliphatic carbocycles. The number of amides is 2. The summed E-state index contributed by atoms with van der Waals surface area (Å²) in [5, 5.41) is 9.73. The van der Waals surface area contributed by atoms with Crippen LogP contribution in [0.2, 0.25) is 0 Å². The van der Waals surface area contributed by atoms with Crippen molar-refractivity contribution in [2.45, 2.75) is 20.8 Å². The van der Waals surface area contributed by atoms with Crippen molar-refractivity contribution in [3.63, 3.8) is 0 Å². The van der Waals surface area contributed by atoms with E-state index in [2.05, 4.69) is 0 Å². The second kappa shape index (κ2) is 9.71. The Balaban J connectivity index is 1.67. The zero-order valence-corrected chi connectivity index (χ0v) is 20.5. The number of aromatic hydroxyl groups is 1. The van der Waals surface area contributed by atoms with Crippen LogP contribution in [0.15, 0.2) is 53.4 Å². The predicted molar refractivity (Wildman–Crippen MR) is 134 cm³/mol. The molecule has 0 spiro atoms. The average Bonchev–Trinajstić information content (AvgIpc) is 3.28. The van der Waals surface area contributed by atoms with E-state index in [4.69, 9.17) is 9.47 Å². The summed E-state index contributed by atoms with van der Waals surface area (Å²) in [5.41, 5.74) is 3.61. The zero-order valence-electron chi connectivity index (χ0n) is 19.7. The quantitative estimate of drug-likeness (QED) is 0.372. The van der Waals surface area contributed by atoms with Gasteiger partial charge in [0, 0.05) is 17.1 Å². The first-order chi connectivity index (χ1) is 16.7. The van der Waals surface area contributed by atoms with Crippen LogP contribution in [0.3, 0.4) is 0 Å². The van der Waals surface area contributed by atoms with Crippen LogP contribution >= 0.6 is 11.8 Å². The molecule has 1 N–H and O–H groups in total. The molecule has 2 heterocycles. The smallest absolute Gasteiger partial charge is 0.341 e. The van der Waals surface area contributed by atoms with E-state index >= 15 is 0 Å². The molecule has 1 fully saturated rings. The molecule has 1 saturated heterocycles. The van der Waals surface area contributed by atoms with Crippen LogP contribution in [0.25, 0.3) is 11.8 Å². The van der Waals surface area contributed by atoms with Gasteiger partial charge in [-0.15, -0.1) is 0 Å². The molecule has 35 heavy (non-hydrogen) atoms. The number of phenolic OH excluding ortho intramolecular Hbond substituents is 1. The van der Waals surface area contributed by atoms with Crippen LogP contribution < -0.4 is 9.64 Å². The molecule has 2 amide bonds. The number of esters is 1. The number of thioether (sulfide) groups is 1. The number of carbonyl (C=O) groups is 3. The minimum absolute atomic E-state index is 0.0685. The van der Waals surface area contributed by atoms with E-state index in [0.29, 0.717) is 22.0 Å². The lowest BCUT2D eigenvalue weighted by Gasteiger charge is -2.13. The minimum atomic E-state index is -0.609. The maximum absolute atomic E-state index is 13.1. The van der Waals surface area contributed by atoms with E-state index in [1.54, 1.807) is 56.5 Å². The third kappa shape index (κ3) is 4.54. The summed E-state index contributed by atoms with van der Waals surface area (Å²) in [6.07, 6.45) is 1.69. The maximum atomic E-state index is 13.1. The summed E-state index contributed by atoms with van der Waals surface area (Å²) in [4.78, 5) is 39.4. The molecule has 0 unspecified atom stereocenters. The number of benzene rings is 2. The number of hydrogen-bond acceptors (Lipinski definition) is 7. The van der Waals surface area contributed by atoms with Gasteiger partial charge in [0.1, 0.15) is 17.1 Å². The van der Waals surface area contributed by atoms with Gasteiger partial charge in [-0.25, -0.2) is 9.69 Å². The monoisotopic (exact) mass is 492 g/mol. The largest absolute Gasteiger partial charge is 0.507 e. The van der Waals surface area contributed by atoms with Crippen LogP contribution in [0.5, 0.6) is 11.5 Å². The van der Waals surface area contributed by atoms with Crippen LogP contribution in [-0.2, 0) is 9.53 Å². The molecule has 8 nitrogen and oxygen atoms in total. The Kier molecular flexibility index (Phi) is 6.70. The molecule has 4 rings (SSSR count). The van der Waals surface area contributed by atoms with Gasteiger partial charge in [-0.05, 0) is 92.7 Å². The van der Waals surface area contributed by atoms with Crippen molar-refractivity contribution in [1.82, 2.24) is 4.57 Å². The van der Waals surface area contributed by atoms with Crippen molar-refractivity contribution in [3.05, 3.63) is 76.0 Å². The lowest BCUT2D eigenvalue weighted by molar-refractivity contribution is -0.113. The van der Waals surface area contributed by atoms with Gasteiger partial charge in [-0.3, -0.25) is 9.59 Å². The topological polar surface area (TPSA) is 98.1 Å². The molecule has 0 radical (unpaired) electrons. The highest BCUT2D eigenvalue weighted by atomic mass is 32.2. The summed E-state index contributed by atoms with van der Waals surface area (Å²) in [7, 11) is 1.55. The Hall–Kier alpha value is -3.98. The first kappa shape index (κ1) is 24.2. The van der Waals surface area contributed by atoms with Gasteiger partial charge in [-0.2, -0.15) is 0 Å². The van der Waals surface area contributed by atoms with Gasteiger partial charge in [0.15, 0.2) is 0 Å². The Labute approximate surface area is 206 Å². The first-order valence-corrected chi connectivity index (χ1v) is 11.7. The predicted octanol–water partition coefficient (Wildman–Crippen LogP) is 5.23. The van der Waals surface area contributed by atoms with Crippen LogP contribution in [0.1, 0.15) is 34.2 Å². The highest BCUT2D eigenvalue weighted by molar-refractivity contribution is 8.19. The zero-order chi connectivity index (χ0) is 25.3. The molecule has 1 aliphatic rings. The van der Waals surface area contributed by atoms with Gasteiger partial charge in [0.25, 0.3) is 11.1 Å². The van der Waals surface area contributed by atoms with Gasteiger partial charge in [0.05, 0.1) is 24.3 Å². The molecule has 0 saturated carbocycles. The Morgan fingerprint density at radius 2 is 1.74 bits per heavy atom. The number of anilines is 1. The van der Waals surface area contributed by atoms with E-state index in [1.165, 1.54) is 6.07 Å². The third-order valence-corrected chi connectivity index (χ3v) is 6.48. The van der Waals surface area contributed by atoms with E-state index in [1.807, 2.05) is 24.5 Å². The van der Waals surface area contributed by atoms with Crippen molar-refractivity contribution < 1.29 is 29.0 Å². The van der Waals surface area contributed by atoms with E-state index in [0.717, 1.165) is 33.6 Å². The maximum Gasteiger partial charge on any atom is 0.341 e. The standard InChI is InChI=1S/C26H24N2O6S/c1-5-34-25(31)21-14-19(8-11-22(21)29)27-15(2)12-17(16(27)3)13-23-24(30)28(26(32)35-23)18-6-9-20(33-4)10-7-18/h6-14,29H,5H2,1-4H3/b23-13-. The van der Waals surface area contributed by atoms with E-state index in [-0.39, 0.29) is 23.2 Å². The number of ether oxygens (including phenoxy) is 2. The molecule has 9 heteroatoms. The van der Waals surface area contributed by atoms with E-state index < -0.39 is 11.9 Å². The van der Waals surface area contributed by atoms with Crippen molar-refractivity contribution in [2.24, 2.45) is 0 Å². The fraction of sp³-hybridized carbons (Fsp3) is 0.192. The summed E-state index contributed by atoms with van der Waals surface area (Å²) >= 11 is 0.879. The molecule has 0 bridgehead atoms. The van der Waals surface area contributed by atoms with Crippen LogP contribution in [0.4, 0.5) is 10.5 Å². The number of imide groups is 1. The number of phenols is 1. The van der Waals surface area contributed by atoms with Gasteiger partial charge in [-0.1, -0.05) is 0 Å². The van der Waals surface area contributed by atoms with Crippen LogP contribution in [0, 0.1) is 13.8 Å². The second-order valence-corrected chi connectivity index (χ2v) is 8.79. The lowest BCUT2D eigenvalue weighted by Crippen LogP contribution is -2.27. The molecule has 180 valence electrons. The molecular formula is C26H24N2O6S. The number of aryl methyl sites for hydroxylation is 1. The summed E-state index contributed by atoms with van der Waals surface area (Å²) in [5.74, 6) is -0.544. The van der Waals surface area contributed by atoms with Crippen molar-refractivity contribution in [3.8, 4) is 17.2 Å². The molecular weight excluding hydrogens is 468 g/mol. The van der Waals surface area contributed by atoms with Crippen molar-refractivity contribution in [1.29, 1.82) is 0 Å². The Morgan fingerprint density at radius 3 is 2.40 bits per heavy atom. The highest BCUT2D eigenvalue weighted by Crippen LogP contribution is 2.37. The van der Waals surface area contributed by atoms with Crippen molar-refractivity contribution in [2.75, 3.05) is 18.6 Å². The average molecular weight is 493 g/mol. The van der Waals surface area contributed by atoms with Gasteiger partial charge < -0.3 is 19.1 Å². The second-order valence-electron chi connectivity index (χ2n) is 7.80. The number of aromatic nitrogens is 1. The number of methoxy groups -OCH3 is 1. The normalized spacial score (nSPS) is 14.6. The lowest BCUT2D eigenvalue weighted by atomic mass is 10.1. The Bertz CT molecular complexity index is 1360. The SMILES string of the molecule is CCOC(=O)c1cc(-n2c(C)cc(/C=C3\SC(=O)N(c4ccc(OC)cc4)C3=O)c2C)ccc1O. The Morgan fingerprint density at radius 1 is 1.06 bits per heavy atom. The summed E-state index contributed by atoms with van der Waals surface area (Å²) in [6.45, 7) is 5.66. The van der Waals surface area contributed by atoms with E-state index in [9.17, 15) is 19.5 Å². The van der Waals surface area contributed by atoms with Crippen molar-refractivity contribution >= 4 is 40.6 Å². The molecule has 0 atom stereocenters. The number of nitrogens with zero attached hydrogens (tertiary/aromatic N) is 2. The third-order valence-electron chi connectivity index (χ3n) is 5.61. The number of carbonyl (C=O) groups excluding carboxylic acids is 3. The minimum Gasteiger partial charge on any atom is -0.507 e. The summed E-state index contributed by atoms with van der Waals surface area (Å²) in [6, 6.07) is 13.3. The number of hydrogen-bond donors (Lipinski definition) is 1. The molecule has 3 aromatic rings.